The van der Waals surface area contributed by atoms with E-state index in [1.807, 2.05) is 12.3 Å². The number of fused-ring (bicyclic) bond motifs is 3. The summed E-state index contributed by atoms with van der Waals surface area (Å²) in [6, 6.07) is 19.3. The zero-order chi connectivity index (χ0) is 19.7. The molecule has 0 spiro atoms. The summed E-state index contributed by atoms with van der Waals surface area (Å²) in [5.74, 6) is 0. The molecule has 0 unspecified atom stereocenters. The summed E-state index contributed by atoms with van der Waals surface area (Å²) in [4.78, 5) is 6.99. The van der Waals surface area contributed by atoms with Crippen LogP contribution in [-0.4, -0.2) is 49.2 Å². The minimum Gasteiger partial charge on any atom is -0.311 e. The first kappa shape index (κ1) is 22.9. The van der Waals surface area contributed by atoms with Gasteiger partial charge in [0, 0.05) is 70.5 Å². The number of benzene rings is 2. The van der Waals surface area contributed by atoms with Gasteiger partial charge in [0.2, 0.25) is 0 Å². The number of pyridine rings is 1. The van der Waals surface area contributed by atoms with Crippen molar-refractivity contribution in [2.45, 2.75) is 19.6 Å². The number of aromatic nitrogens is 1. The van der Waals surface area contributed by atoms with Crippen molar-refractivity contribution in [3.05, 3.63) is 77.5 Å². The number of hydrogen-bond acceptors (Lipinski definition) is 5. The summed E-state index contributed by atoms with van der Waals surface area (Å²) in [5, 5.41) is 12.0. The van der Waals surface area contributed by atoms with E-state index in [0.29, 0.717) is 0 Å². The Morgan fingerprint density at radius 2 is 1.63 bits per heavy atom. The van der Waals surface area contributed by atoms with Crippen molar-refractivity contribution in [2.24, 2.45) is 0 Å². The third-order valence-electron chi connectivity index (χ3n) is 5.52. The van der Waals surface area contributed by atoms with Gasteiger partial charge in [-0.3, -0.25) is 9.88 Å². The summed E-state index contributed by atoms with van der Waals surface area (Å²) < 4.78 is 0. The first-order chi connectivity index (χ1) is 14.4. The maximum Gasteiger partial charge on any atom is 2.00 e. The third kappa shape index (κ3) is 6.61. The molecule has 5 nitrogen and oxygen atoms in total. The summed E-state index contributed by atoms with van der Waals surface area (Å²) in [7, 11) is 0. The molecule has 0 saturated carbocycles. The number of nitrogens with zero attached hydrogens (tertiary/aromatic N) is 2. The van der Waals surface area contributed by atoms with Gasteiger partial charge in [-0.2, -0.15) is 0 Å². The average molecular weight is 444 g/mol. The van der Waals surface area contributed by atoms with Gasteiger partial charge in [-0.15, -0.1) is 0 Å². The molecule has 157 valence electrons. The van der Waals surface area contributed by atoms with Gasteiger partial charge in [0.1, 0.15) is 0 Å². The van der Waals surface area contributed by atoms with Crippen molar-refractivity contribution >= 4 is 10.9 Å². The predicted octanol–water partition coefficient (Wildman–Crippen LogP) is 2.52. The Morgan fingerprint density at radius 1 is 0.900 bits per heavy atom. The molecule has 2 heterocycles. The van der Waals surface area contributed by atoms with Gasteiger partial charge in [0.15, 0.2) is 0 Å². The molecule has 3 N–H and O–H groups in total. The van der Waals surface area contributed by atoms with Crippen LogP contribution in [0.15, 0.2) is 60.8 Å². The fourth-order valence-electron chi connectivity index (χ4n) is 3.89. The van der Waals surface area contributed by atoms with Crippen LogP contribution in [0.2, 0.25) is 0 Å². The van der Waals surface area contributed by atoms with E-state index >= 15 is 0 Å². The van der Waals surface area contributed by atoms with Crippen LogP contribution in [0.3, 0.4) is 0 Å². The number of para-hydroxylation sites is 1. The molecular formula is C24H31MnN5+2. The molecule has 0 atom stereocenters. The van der Waals surface area contributed by atoms with E-state index in [4.69, 9.17) is 0 Å². The molecule has 4 rings (SSSR count). The summed E-state index contributed by atoms with van der Waals surface area (Å²) in [6.45, 7) is 8.96. The Hall–Kier alpha value is -1.79. The van der Waals surface area contributed by atoms with Crippen LogP contribution in [0, 0.1) is 0 Å². The van der Waals surface area contributed by atoms with Crippen LogP contribution in [0.25, 0.3) is 10.9 Å². The van der Waals surface area contributed by atoms with E-state index in [9.17, 15) is 0 Å². The first-order valence-electron chi connectivity index (χ1n) is 10.6. The van der Waals surface area contributed by atoms with Gasteiger partial charge >= 0.3 is 17.1 Å². The second-order valence-electron chi connectivity index (χ2n) is 7.68. The zero-order valence-corrected chi connectivity index (χ0v) is 18.6. The second kappa shape index (κ2) is 12.2. The first-order valence-corrected chi connectivity index (χ1v) is 10.6. The van der Waals surface area contributed by atoms with Gasteiger partial charge in [-0.25, -0.2) is 0 Å². The van der Waals surface area contributed by atoms with Crippen molar-refractivity contribution < 1.29 is 17.1 Å². The topological polar surface area (TPSA) is 52.2 Å². The van der Waals surface area contributed by atoms with Crippen LogP contribution < -0.4 is 16.0 Å². The third-order valence-corrected chi connectivity index (χ3v) is 5.52. The van der Waals surface area contributed by atoms with Crippen molar-refractivity contribution in [1.82, 2.24) is 25.8 Å². The predicted molar refractivity (Wildman–Crippen MR) is 120 cm³/mol. The Labute approximate surface area is 190 Å². The van der Waals surface area contributed by atoms with Crippen LogP contribution in [-0.2, 0) is 36.7 Å². The molecule has 0 aliphatic carbocycles. The molecule has 2 aromatic carbocycles. The molecule has 1 radical (unpaired) electrons. The number of hydrogen-bond donors (Lipinski definition) is 3. The molecule has 2 bridgehead atoms. The average Bonchev–Trinajstić information content (AvgIpc) is 2.76. The molecular weight excluding hydrogens is 413 g/mol. The van der Waals surface area contributed by atoms with Crippen LogP contribution in [0.1, 0.15) is 16.7 Å². The van der Waals surface area contributed by atoms with E-state index in [1.54, 1.807) is 0 Å². The molecule has 0 fully saturated rings. The maximum absolute atomic E-state index is 4.45. The number of nitrogens with one attached hydrogen (secondary N) is 3. The quantitative estimate of drug-likeness (QED) is 0.417. The minimum absolute atomic E-state index is 0. The smallest absolute Gasteiger partial charge is 0.311 e. The van der Waals surface area contributed by atoms with E-state index in [2.05, 4.69) is 74.4 Å². The molecule has 30 heavy (non-hydrogen) atoms. The molecule has 1 aromatic heterocycles. The Bertz CT molecular complexity index is 884. The SMILES string of the molecule is [Mn+2].c1cc2cc(c1)CNCCN(CCNCc1ccnc3ccccc13)CCNC2. The molecule has 6 heteroatoms. The van der Waals surface area contributed by atoms with E-state index < -0.39 is 0 Å². The summed E-state index contributed by atoms with van der Waals surface area (Å²) in [5.41, 5.74) is 5.11. The standard InChI is InChI=1S/C24H31N5.Mn/c1-2-7-24-23(6-1)22(8-9-28-24)19-27-12-15-29-13-10-25-17-20-4-3-5-21(16-20)18-26-11-14-29;/h1-9,16,25-27H,10-15,17-19H2;/q;+2. The van der Waals surface area contributed by atoms with Crippen molar-refractivity contribution in [2.75, 3.05) is 39.3 Å². The minimum atomic E-state index is 0. The molecule has 0 amide bonds. The largest absolute Gasteiger partial charge is 2.00 e. The van der Waals surface area contributed by atoms with Crippen molar-refractivity contribution in [3.8, 4) is 0 Å². The van der Waals surface area contributed by atoms with Crippen LogP contribution >= 0.6 is 0 Å². The molecule has 1 aliphatic rings. The molecule has 3 aromatic rings. The van der Waals surface area contributed by atoms with E-state index in [0.717, 1.165) is 64.4 Å². The van der Waals surface area contributed by atoms with Crippen LogP contribution in [0.4, 0.5) is 0 Å². The fourth-order valence-corrected chi connectivity index (χ4v) is 3.89. The Morgan fingerprint density at radius 3 is 2.40 bits per heavy atom. The van der Waals surface area contributed by atoms with E-state index in [-0.39, 0.29) is 17.1 Å². The fraction of sp³-hybridized carbons (Fsp3) is 0.375. The van der Waals surface area contributed by atoms with Gasteiger partial charge in [0.25, 0.3) is 0 Å². The molecule has 0 saturated heterocycles. The zero-order valence-electron chi connectivity index (χ0n) is 17.4. The number of rotatable bonds is 5. The molecule has 1 aliphatic heterocycles. The normalized spacial score (nSPS) is 15.7. The van der Waals surface area contributed by atoms with E-state index in [1.165, 1.54) is 22.1 Å². The Kier molecular flexibility index (Phi) is 9.27. The van der Waals surface area contributed by atoms with Crippen LogP contribution in [0.5, 0.6) is 0 Å². The monoisotopic (exact) mass is 444 g/mol. The van der Waals surface area contributed by atoms with Crippen molar-refractivity contribution in [1.29, 1.82) is 0 Å². The summed E-state index contributed by atoms with van der Waals surface area (Å²) >= 11 is 0. The maximum atomic E-state index is 4.45. The van der Waals surface area contributed by atoms with Gasteiger partial charge in [-0.05, 0) is 28.8 Å². The summed E-state index contributed by atoms with van der Waals surface area (Å²) in [6.07, 6.45) is 1.91. The van der Waals surface area contributed by atoms with Gasteiger partial charge in [0.05, 0.1) is 5.52 Å². The Balaban J connectivity index is 0.00000256. The van der Waals surface area contributed by atoms with Gasteiger partial charge < -0.3 is 16.0 Å². The second-order valence-corrected chi connectivity index (χ2v) is 7.68. The van der Waals surface area contributed by atoms with Gasteiger partial charge in [-0.1, -0.05) is 42.5 Å². The van der Waals surface area contributed by atoms with Crippen molar-refractivity contribution in [3.63, 3.8) is 0 Å².